The first-order valence-corrected chi connectivity index (χ1v) is 8.09. The molecule has 1 saturated heterocycles. The molecule has 1 aliphatic rings. The van der Waals surface area contributed by atoms with Gasteiger partial charge in [0.25, 0.3) is 11.8 Å². The lowest BCUT2D eigenvalue weighted by atomic mass is 10.1. The van der Waals surface area contributed by atoms with Crippen LogP contribution in [0.25, 0.3) is 6.08 Å². The lowest BCUT2D eigenvalue weighted by molar-refractivity contribution is -0.122. The average Bonchev–Trinajstić information content (AvgIpc) is 2.60. The predicted molar refractivity (Wildman–Crippen MR) is 101 cm³/mol. The second-order valence-electron chi connectivity index (χ2n) is 5.21. The Labute approximate surface area is 154 Å². The van der Waals surface area contributed by atoms with Crippen LogP contribution in [0.2, 0.25) is 5.02 Å². The number of thiocarbonyl (C=S) groups is 1. The van der Waals surface area contributed by atoms with Gasteiger partial charge >= 0.3 is 0 Å². The zero-order valence-corrected chi connectivity index (χ0v) is 14.7. The van der Waals surface area contributed by atoms with E-state index in [1.54, 1.807) is 55.6 Å². The summed E-state index contributed by atoms with van der Waals surface area (Å²) in [7, 11) is 1.57. The summed E-state index contributed by atoms with van der Waals surface area (Å²) >= 11 is 11.0. The highest BCUT2D eigenvalue weighted by molar-refractivity contribution is 7.80. The van der Waals surface area contributed by atoms with E-state index in [0.717, 1.165) is 0 Å². The molecule has 126 valence electrons. The fraction of sp³-hybridized carbons (Fsp3) is 0.0556. The minimum absolute atomic E-state index is 0.00582. The number of amides is 2. The van der Waals surface area contributed by atoms with Gasteiger partial charge in [-0.2, -0.15) is 0 Å². The highest BCUT2D eigenvalue weighted by Gasteiger charge is 2.34. The maximum Gasteiger partial charge on any atom is 0.270 e. The van der Waals surface area contributed by atoms with Gasteiger partial charge in [-0.3, -0.25) is 19.8 Å². The van der Waals surface area contributed by atoms with Crippen molar-refractivity contribution in [1.29, 1.82) is 0 Å². The number of rotatable bonds is 3. The van der Waals surface area contributed by atoms with E-state index in [1.165, 1.54) is 11.0 Å². The minimum atomic E-state index is -0.531. The lowest BCUT2D eigenvalue weighted by Gasteiger charge is -2.28. The normalized spacial score (nSPS) is 16.2. The fourth-order valence-electron chi connectivity index (χ4n) is 2.35. The van der Waals surface area contributed by atoms with E-state index in [9.17, 15) is 9.59 Å². The van der Waals surface area contributed by atoms with E-state index in [1.807, 2.05) is 0 Å². The van der Waals surface area contributed by atoms with Crippen LogP contribution in [0, 0.1) is 0 Å². The first-order chi connectivity index (χ1) is 12.0. The van der Waals surface area contributed by atoms with Crippen LogP contribution in [0.4, 0.5) is 5.69 Å². The molecule has 2 aromatic rings. The van der Waals surface area contributed by atoms with Crippen molar-refractivity contribution in [2.75, 3.05) is 12.0 Å². The quantitative estimate of drug-likeness (QED) is 0.510. The molecule has 0 saturated carbocycles. The molecule has 1 fully saturated rings. The predicted octanol–water partition coefficient (Wildman–Crippen LogP) is 3.18. The van der Waals surface area contributed by atoms with Crippen molar-refractivity contribution in [2.24, 2.45) is 0 Å². The molecule has 0 atom stereocenters. The van der Waals surface area contributed by atoms with E-state index in [0.29, 0.717) is 22.0 Å². The summed E-state index contributed by atoms with van der Waals surface area (Å²) in [4.78, 5) is 26.3. The summed E-state index contributed by atoms with van der Waals surface area (Å²) in [5.41, 5.74) is 1.22. The molecule has 1 N–H and O–H groups in total. The van der Waals surface area contributed by atoms with Gasteiger partial charge in [0.2, 0.25) is 0 Å². The van der Waals surface area contributed by atoms with E-state index >= 15 is 0 Å². The summed E-state index contributed by atoms with van der Waals surface area (Å²) in [5, 5.41) is 3.11. The molecule has 0 unspecified atom stereocenters. The molecular weight excluding hydrogens is 360 g/mol. The van der Waals surface area contributed by atoms with Gasteiger partial charge in [-0.05, 0) is 60.3 Å². The molecule has 1 aliphatic heterocycles. The Morgan fingerprint density at radius 2 is 1.72 bits per heavy atom. The van der Waals surface area contributed by atoms with Crippen LogP contribution >= 0.6 is 23.8 Å². The number of halogens is 1. The van der Waals surface area contributed by atoms with E-state index < -0.39 is 11.8 Å². The summed E-state index contributed by atoms with van der Waals surface area (Å²) in [5.74, 6) is -0.339. The van der Waals surface area contributed by atoms with E-state index in [4.69, 9.17) is 28.6 Å². The van der Waals surface area contributed by atoms with Gasteiger partial charge in [0, 0.05) is 5.02 Å². The maximum absolute atomic E-state index is 12.8. The SMILES string of the molecule is COc1ccc(C=C2C(=O)NC(=S)N(c3ccc(Cl)cc3)C2=O)cc1. The van der Waals surface area contributed by atoms with Crippen molar-refractivity contribution in [2.45, 2.75) is 0 Å². The molecule has 0 aromatic heterocycles. The van der Waals surface area contributed by atoms with Gasteiger partial charge in [0.1, 0.15) is 11.3 Å². The number of benzene rings is 2. The number of hydrogen-bond acceptors (Lipinski definition) is 4. The van der Waals surface area contributed by atoms with Gasteiger partial charge in [0.05, 0.1) is 12.8 Å². The van der Waals surface area contributed by atoms with Crippen LogP contribution in [0.3, 0.4) is 0 Å². The molecule has 1 heterocycles. The first kappa shape index (κ1) is 17.1. The van der Waals surface area contributed by atoms with Crippen LogP contribution in [-0.2, 0) is 9.59 Å². The van der Waals surface area contributed by atoms with Crippen molar-refractivity contribution in [1.82, 2.24) is 5.32 Å². The minimum Gasteiger partial charge on any atom is -0.497 e. The third kappa shape index (κ3) is 3.55. The zero-order chi connectivity index (χ0) is 18.0. The van der Waals surface area contributed by atoms with Crippen molar-refractivity contribution in [3.8, 4) is 5.75 Å². The Kier molecular flexibility index (Phi) is 4.83. The Morgan fingerprint density at radius 3 is 2.32 bits per heavy atom. The molecule has 5 nitrogen and oxygen atoms in total. The Hall–Kier alpha value is -2.70. The zero-order valence-electron chi connectivity index (χ0n) is 13.2. The monoisotopic (exact) mass is 372 g/mol. The number of anilines is 1. The first-order valence-electron chi connectivity index (χ1n) is 7.30. The largest absolute Gasteiger partial charge is 0.497 e. The van der Waals surface area contributed by atoms with Gasteiger partial charge in [0.15, 0.2) is 5.11 Å². The number of carbonyl (C=O) groups excluding carboxylic acids is 2. The smallest absolute Gasteiger partial charge is 0.270 e. The number of hydrogen-bond donors (Lipinski definition) is 1. The maximum atomic E-state index is 12.8. The fourth-order valence-corrected chi connectivity index (χ4v) is 2.76. The van der Waals surface area contributed by atoms with Crippen LogP contribution in [0.15, 0.2) is 54.1 Å². The van der Waals surface area contributed by atoms with Crippen molar-refractivity contribution >= 4 is 52.5 Å². The van der Waals surface area contributed by atoms with Crippen molar-refractivity contribution in [3.63, 3.8) is 0 Å². The van der Waals surface area contributed by atoms with Gasteiger partial charge in [-0.15, -0.1) is 0 Å². The second-order valence-corrected chi connectivity index (χ2v) is 6.03. The van der Waals surface area contributed by atoms with Crippen LogP contribution in [0.1, 0.15) is 5.56 Å². The van der Waals surface area contributed by atoms with Gasteiger partial charge in [-0.25, -0.2) is 0 Å². The number of nitrogens with zero attached hydrogens (tertiary/aromatic N) is 1. The molecule has 0 radical (unpaired) electrons. The van der Waals surface area contributed by atoms with Gasteiger partial charge < -0.3 is 4.74 Å². The molecule has 0 spiro atoms. The summed E-state index contributed by atoms with van der Waals surface area (Å²) in [6.45, 7) is 0. The van der Waals surface area contributed by atoms with Crippen LogP contribution in [0.5, 0.6) is 5.75 Å². The molecule has 0 bridgehead atoms. The van der Waals surface area contributed by atoms with Gasteiger partial charge in [-0.1, -0.05) is 23.7 Å². The van der Waals surface area contributed by atoms with Crippen LogP contribution < -0.4 is 15.0 Å². The third-order valence-electron chi connectivity index (χ3n) is 3.61. The third-order valence-corrected chi connectivity index (χ3v) is 4.15. The highest BCUT2D eigenvalue weighted by atomic mass is 35.5. The van der Waals surface area contributed by atoms with E-state index in [-0.39, 0.29) is 10.7 Å². The van der Waals surface area contributed by atoms with Crippen molar-refractivity contribution in [3.05, 3.63) is 64.7 Å². The lowest BCUT2D eigenvalue weighted by Crippen LogP contribution is -2.54. The number of ether oxygens (including phenoxy) is 1. The molecule has 2 aromatic carbocycles. The Balaban J connectivity index is 1.97. The summed E-state index contributed by atoms with van der Waals surface area (Å²) in [6.07, 6.45) is 1.52. The Bertz CT molecular complexity index is 876. The van der Waals surface area contributed by atoms with Crippen molar-refractivity contribution < 1.29 is 14.3 Å². The molecule has 0 aliphatic carbocycles. The molecular formula is C18H13ClN2O3S. The van der Waals surface area contributed by atoms with Crippen LogP contribution in [-0.4, -0.2) is 24.0 Å². The number of carbonyl (C=O) groups is 2. The molecule has 3 rings (SSSR count). The molecule has 7 heteroatoms. The molecule has 25 heavy (non-hydrogen) atoms. The topological polar surface area (TPSA) is 58.6 Å². The average molecular weight is 373 g/mol. The summed E-state index contributed by atoms with van der Waals surface area (Å²) in [6, 6.07) is 13.6. The summed E-state index contributed by atoms with van der Waals surface area (Å²) < 4.78 is 5.10. The standard InChI is InChI=1S/C18H13ClN2O3S/c1-24-14-8-2-11(3-9-14)10-15-16(22)20-18(25)21(17(15)23)13-6-4-12(19)5-7-13/h2-10H,1H3,(H,20,22,25). The Morgan fingerprint density at radius 1 is 1.08 bits per heavy atom. The highest BCUT2D eigenvalue weighted by Crippen LogP contribution is 2.24. The van der Waals surface area contributed by atoms with E-state index in [2.05, 4.69) is 5.32 Å². The number of nitrogens with one attached hydrogen (secondary N) is 1. The second kappa shape index (κ2) is 7.04. The molecule has 2 amide bonds. The number of methoxy groups -OCH3 is 1.